The maximum Gasteiger partial charge on any atom is 0.193 e. The Labute approximate surface area is 96.8 Å². The van der Waals surface area contributed by atoms with Crippen LogP contribution in [0.1, 0.15) is 30.4 Å². The molecule has 0 aliphatic heterocycles. The molecule has 0 amide bonds. The summed E-state index contributed by atoms with van der Waals surface area (Å²) >= 11 is 0. The monoisotopic (exact) mass is 217 g/mol. The fraction of sp³-hybridized carbons (Fsp3) is 0.462. The van der Waals surface area contributed by atoms with Crippen molar-refractivity contribution in [2.45, 2.75) is 39.2 Å². The molecule has 1 aromatic carbocycles. The molecule has 0 radical (unpaired) electrons. The molecule has 3 nitrogen and oxygen atoms in total. The number of hydrogen-bond acceptors (Lipinski definition) is 1. The Morgan fingerprint density at radius 2 is 2.06 bits per heavy atom. The smallest absolute Gasteiger partial charge is 0.193 e. The van der Waals surface area contributed by atoms with Crippen LogP contribution in [0.25, 0.3) is 0 Å². The lowest BCUT2D eigenvalue weighted by Crippen LogP contribution is -2.27. The van der Waals surface area contributed by atoms with Gasteiger partial charge < -0.3 is 11.1 Å². The van der Waals surface area contributed by atoms with Crippen molar-refractivity contribution in [2.75, 3.05) is 5.32 Å². The summed E-state index contributed by atoms with van der Waals surface area (Å²) in [6, 6.07) is 6.66. The zero-order valence-corrected chi connectivity index (χ0v) is 9.96. The first kappa shape index (κ1) is 11.0. The Balaban J connectivity index is 2.02. The van der Waals surface area contributed by atoms with Crippen LogP contribution in [0.5, 0.6) is 0 Å². The summed E-state index contributed by atoms with van der Waals surface area (Å²) < 4.78 is 0. The first-order valence-electron chi connectivity index (χ1n) is 5.83. The van der Waals surface area contributed by atoms with Gasteiger partial charge in [-0.05, 0) is 56.4 Å². The van der Waals surface area contributed by atoms with Crippen molar-refractivity contribution in [1.29, 1.82) is 0 Å². The molecule has 16 heavy (non-hydrogen) atoms. The average Bonchev–Trinajstić information content (AvgIpc) is 2.18. The zero-order chi connectivity index (χ0) is 11.5. The summed E-state index contributed by atoms with van der Waals surface area (Å²) in [7, 11) is 0. The lowest BCUT2D eigenvalue weighted by atomic mass is 9.94. The first-order valence-corrected chi connectivity index (χ1v) is 5.83. The van der Waals surface area contributed by atoms with Gasteiger partial charge in [0.2, 0.25) is 0 Å². The van der Waals surface area contributed by atoms with Gasteiger partial charge in [-0.1, -0.05) is 6.07 Å². The van der Waals surface area contributed by atoms with Crippen LogP contribution in [0, 0.1) is 13.8 Å². The molecule has 0 unspecified atom stereocenters. The SMILES string of the molecule is Cc1ccc(NC(N)=NC2CCC2)cc1C. The highest BCUT2D eigenvalue weighted by molar-refractivity contribution is 5.92. The minimum atomic E-state index is 0.444. The molecule has 0 saturated heterocycles. The summed E-state index contributed by atoms with van der Waals surface area (Å²) in [5, 5.41) is 3.14. The maximum absolute atomic E-state index is 5.84. The molecule has 0 spiro atoms. The van der Waals surface area contributed by atoms with Crippen molar-refractivity contribution in [3.8, 4) is 0 Å². The van der Waals surface area contributed by atoms with Gasteiger partial charge >= 0.3 is 0 Å². The number of hydrogen-bond donors (Lipinski definition) is 2. The molecule has 0 heterocycles. The van der Waals surface area contributed by atoms with E-state index in [1.165, 1.54) is 30.4 Å². The molecule has 3 heteroatoms. The summed E-state index contributed by atoms with van der Waals surface area (Å²) in [4.78, 5) is 4.41. The van der Waals surface area contributed by atoms with Crippen LogP contribution in [-0.2, 0) is 0 Å². The Morgan fingerprint density at radius 1 is 1.31 bits per heavy atom. The van der Waals surface area contributed by atoms with Gasteiger partial charge in [0.25, 0.3) is 0 Å². The van der Waals surface area contributed by atoms with Gasteiger partial charge in [0.05, 0.1) is 6.04 Å². The predicted octanol–water partition coefficient (Wildman–Crippen LogP) is 2.58. The fourth-order valence-corrected chi connectivity index (χ4v) is 1.71. The normalized spacial score (nSPS) is 17.0. The Hall–Kier alpha value is -1.51. The highest BCUT2D eigenvalue weighted by atomic mass is 15.1. The predicted molar refractivity (Wildman–Crippen MR) is 68.8 cm³/mol. The molecule has 1 aliphatic rings. The summed E-state index contributed by atoms with van der Waals surface area (Å²) in [6.07, 6.45) is 3.63. The molecular weight excluding hydrogens is 198 g/mol. The van der Waals surface area contributed by atoms with Gasteiger partial charge in [0.1, 0.15) is 0 Å². The lowest BCUT2D eigenvalue weighted by Gasteiger charge is -2.21. The van der Waals surface area contributed by atoms with Gasteiger partial charge in [-0.3, -0.25) is 0 Å². The van der Waals surface area contributed by atoms with Crippen LogP contribution < -0.4 is 11.1 Å². The molecule has 0 aromatic heterocycles. The van der Waals surface area contributed by atoms with E-state index in [4.69, 9.17) is 5.73 Å². The number of rotatable bonds is 2. The van der Waals surface area contributed by atoms with Gasteiger partial charge in [-0.15, -0.1) is 0 Å². The second kappa shape index (κ2) is 4.56. The Bertz CT molecular complexity index is 406. The number of aryl methyl sites for hydroxylation is 2. The zero-order valence-electron chi connectivity index (χ0n) is 9.96. The van der Waals surface area contributed by atoms with E-state index < -0.39 is 0 Å². The fourth-order valence-electron chi connectivity index (χ4n) is 1.71. The molecule has 1 aliphatic carbocycles. The van der Waals surface area contributed by atoms with Gasteiger partial charge in [0.15, 0.2) is 5.96 Å². The Morgan fingerprint density at radius 3 is 2.62 bits per heavy atom. The summed E-state index contributed by atoms with van der Waals surface area (Å²) in [5.74, 6) is 0.535. The van der Waals surface area contributed by atoms with Gasteiger partial charge in [-0.25, -0.2) is 4.99 Å². The molecule has 0 atom stereocenters. The van der Waals surface area contributed by atoms with E-state index in [1.54, 1.807) is 0 Å². The standard InChI is InChI=1S/C13H19N3/c1-9-6-7-12(8-10(9)2)16-13(14)15-11-4-3-5-11/h6-8,11H,3-5H2,1-2H3,(H3,14,15,16). The van der Waals surface area contributed by atoms with Gasteiger partial charge in [-0.2, -0.15) is 0 Å². The van der Waals surface area contributed by atoms with Crippen LogP contribution in [0.2, 0.25) is 0 Å². The number of nitrogens with zero attached hydrogens (tertiary/aromatic N) is 1. The van der Waals surface area contributed by atoms with E-state index in [1.807, 2.05) is 6.07 Å². The molecule has 2 rings (SSSR count). The molecule has 1 aromatic rings. The van der Waals surface area contributed by atoms with Gasteiger partial charge in [0, 0.05) is 5.69 Å². The van der Waals surface area contributed by atoms with E-state index in [0.29, 0.717) is 12.0 Å². The number of guanidine groups is 1. The van der Waals surface area contributed by atoms with Crippen molar-refractivity contribution in [3.05, 3.63) is 29.3 Å². The number of anilines is 1. The topological polar surface area (TPSA) is 50.4 Å². The molecule has 1 saturated carbocycles. The van der Waals surface area contributed by atoms with Crippen molar-refractivity contribution in [3.63, 3.8) is 0 Å². The largest absolute Gasteiger partial charge is 0.370 e. The van der Waals surface area contributed by atoms with Crippen molar-refractivity contribution < 1.29 is 0 Å². The number of nitrogens with one attached hydrogen (secondary N) is 1. The summed E-state index contributed by atoms with van der Waals surface area (Å²) in [6.45, 7) is 4.20. The quantitative estimate of drug-likeness (QED) is 0.591. The van der Waals surface area contributed by atoms with Crippen LogP contribution in [0.15, 0.2) is 23.2 Å². The van der Waals surface area contributed by atoms with Crippen molar-refractivity contribution in [2.24, 2.45) is 10.7 Å². The van der Waals surface area contributed by atoms with Crippen LogP contribution in [-0.4, -0.2) is 12.0 Å². The number of aliphatic imine (C=N–C) groups is 1. The minimum absolute atomic E-state index is 0.444. The molecular formula is C13H19N3. The second-order valence-electron chi connectivity index (χ2n) is 4.52. The van der Waals surface area contributed by atoms with Crippen LogP contribution in [0.3, 0.4) is 0 Å². The van der Waals surface area contributed by atoms with E-state index in [0.717, 1.165) is 5.69 Å². The van der Waals surface area contributed by atoms with Crippen LogP contribution in [0.4, 0.5) is 5.69 Å². The van der Waals surface area contributed by atoms with Crippen molar-refractivity contribution in [1.82, 2.24) is 0 Å². The first-order chi connectivity index (χ1) is 7.65. The maximum atomic E-state index is 5.84. The lowest BCUT2D eigenvalue weighted by molar-refractivity contribution is 0.420. The van der Waals surface area contributed by atoms with Crippen LogP contribution >= 0.6 is 0 Å². The highest BCUT2D eigenvalue weighted by Gasteiger charge is 2.16. The Kier molecular flexibility index (Phi) is 3.13. The average molecular weight is 217 g/mol. The number of benzene rings is 1. The minimum Gasteiger partial charge on any atom is -0.370 e. The van der Waals surface area contributed by atoms with E-state index >= 15 is 0 Å². The van der Waals surface area contributed by atoms with Crippen molar-refractivity contribution >= 4 is 11.6 Å². The third kappa shape index (κ3) is 2.54. The molecule has 0 bridgehead atoms. The second-order valence-corrected chi connectivity index (χ2v) is 4.52. The molecule has 86 valence electrons. The molecule has 1 fully saturated rings. The number of nitrogens with two attached hydrogens (primary N) is 1. The van der Waals surface area contributed by atoms with E-state index in [-0.39, 0.29) is 0 Å². The highest BCUT2D eigenvalue weighted by Crippen LogP contribution is 2.22. The van der Waals surface area contributed by atoms with E-state index in [2.05, 4.69) is 36.3 Å². The summed E-state index contributed by atoms with van der Waals surface area (Å²) in [5.41, 5.74) is 9.42. The van der Waals surface area contributed by atoms with E-state index in [9.17, 15) is 0 Å². The molecule has 3 N–H and O–H groups in total. The third-order valence-corrected chi connectivity index (χ3v) is 3.18. The third-order valence-electron chi connectivity index (χ3n) is 3.18.